The number of ether oxygens (including phenoxy) is 2. The van der Waals surface area contributed by atoms with Crippen LogP contribution in [0.1, 0.15) is 29.8 Å². The lowest BCUT2D eigenvalue weighted by atomic mass is 10.0. The average molecular weight is 402 g/mol. The molecule has 1 fully saturated rings. The number of hydrogen-bond donors (Lipinski definition) is 1. The molecule has 1 saturated heterocycles. The number of benzene rings is 1. The van der Waals surface area contributed by atoms with E-state index in [0.717, 1.165) is 22.7 Å². The second kappa shape index (κ2) is 7.84. The van der Waals surface area contributed by atoms with Crippen LogP contribution in [-0.4, -0.2) is 52.3 Å². The molecule has 2 aliphatic heterocycles. The number of hydrogen-bond acceptors (Lipinski definition) is 7. The molecule has 2 amide bonds. The highest BCUT2D eigenvalue weighted by molar-refractivity contribution is 7.15. The molecule has 0 bridgehead atoms. The molecular weight excluding hydrogens is 380 g/mol. The number of carbonyl (C=O) groups is 2. The third-order valence-corrected chi connectivity index (χ3v) is 5.65. The Morgan fingerprint density at radius 2 is 2.14 bits per heavy atom. The zero-order chi connectivity index (χ0) is 19.6. The average Bonchev–Trinajstić information content (AvgIpc) is 3.25. The lowest BCUT2D eigenvalue weighted by Gasteiger charge is -2.31. The second-order valence-electron chi connectivity index (χ2n) is 7.12. The van der Waals surface area contributed by atoms with Crippen molar-refractivity contribution in [3.05, 3.63) is 34.8 Å². The number of rotatable bonds is 4. The first kappa shape index (κ1) is 18.8. The SMILES string of the molecule is Cc1nnc(NC(=O)CCC(=O)N2Cc3ccccc3OC3(CCOC3)C2)s1. The number of nitrogens with zero attached hydrogens (tertiary/aromatic N) is 3. The lowest BCUT2D eigenvalue weighted by molar-refractivity contribution is -0.135. The van der Waals surface area contributed by atoms with E-state index >= 15 is 0 Å². The summed E-state index contributed by atoms with van der Waals surface area (Å²) in [4.78, 5) is 26.8. The Morgan fingerprint density at radius 1 is 1.29 bits per heavy atom. The largest absolute Gasteiger partial charge is 0.483 e. The molecule has 0 radical (unpaired) electrons. The number of para-hydroxylation sites is 1. The molecule has 28 heavy (non-hydrogen) atoms. The molecular formula is C19H22N4O4S. The van der Waals surface area contributed by atoms with Gasteiger partial charge >= 0.3 is 0 Å². The van der Waals surface area contributed by atoms with Crippen molar-refractivity contribution < 1.29 is 19.1 Å². The minimum atomic E-state index is -0.519. The van der Waals surface area contributed by atoms with Gasteiger partial charge in [0, 0.05) is 31.4 Å². The molecule has 1 unspecified atom stereocenters. The van der Waals surface area contributed by atoms with E-state index in [0.29, 0.717) is 31.4 Å². The second-order valence-corrected chi connectivity index (χ2v) is 8.30. The Labute approximate surface area is 166 Å². The van der Waals surface area contributed by atoms with Crippen molar-refractivity contribution in [3.8, 4) is 5.75 Å². The molecule has 2 aromatic rings. The van der Waals surface area contributed by atoms with Crippen molar-refractivity contribution >= 4 is 28.3 Å². The Bertz CT molecular complexity index is 878. The molecule has 0 aliphatic carbocycles. The van der Waals surface area contributed by atoms with Crippen LogP contribution in [0.5, 0.6) is 5.75 Å². The number of fused-ring (bicyclic) bond motifs is 1. The van der Waals surface area contributed by atoms with Crippen molar-refractivity contribution in [3.63, 3.8) is 0 Å². The van der Waals surface area contributed by atoms with Crippen LogP contribution >= 0.6 is 11.3 Å². The van der Waals surface area contributed by atoms with Crippen LogP contribution < -0.4 is 10.1 Å². The molecule has 9 heteroatoms. The maximum absolute atomic E-state index is 12.9. The summed E-state index contributed by atoms with van der Waals surface area (Å²) in [6.07, 6.45) is 0.963. The fourth-order valence-corrected chi connectivity index (χ4v) is 4.09. The van der Waals surface area contributed by atoms with Crippen molar-refractivity contribution in [2.24, 2.45) is 0 Å². The Balaban J connectivity index is 1.42. The number of carbonyl (C=O) groups excluding carboxylic acids is 2. The third-order valence-electron chi connectivity index (χ3n) is 4.90. The van der Waals surface area contributed by atoms with Gasteiger partial charge < -0.3 is 19.7 Å². The molecule has 2 aliphatic rings. The van der Waals surface area contributed by atoms with Crippen molar-refractivity contribution in [2.75, 3.05) is 25.1 Å². The maximum atomic E-state index is 12.9. The molecule has 4 rings (SSSR count). The van der Waals surface area contributed by atoms with Crippen molar-refractivity contribution in [2.45, 2.75) is 38.3 Å². The number of anilines is 1. The zero-order valence-electron chi connectivity index (χ0n) is 15.6. The van der Waals surface area contributed by atoms with Crippen LogP contribution in [0, 0.1) is 6.92 Å². The van der Waals surface area contributed by atoms with Crippen LogP contribution in [0.15, 0.2) is 24.3 Å². The summed E-state index contributed by atoms with van der Waals surface area (Å²) in [6.45, 7) is 3.82. The Kier molecular flexibility index (Phi) is 5.27. The quantitative estimate of drug-likeness (QED) is 0.842. The smallest absolute Gasteiger partial charge is 0.226 e. The predicted octanol–water partition coefficient (Wildman–Crippen LogP) is 2.15. The van der Waals surface area contributed by atoms with Crippen LogP contribution in [0.2, 0.25) is 0 Å². The van der Waals surface area contributed by atoms with Crippen LogP contribution in [0.3, 0.4) is 0 Å². The molecule has 148 valence electrons. The van der Waals surface area contributed by atoms with E-state index < -0.39 is 5.60 Å². The summed E-state index contributed by atoms with van der Waals surface area (Å²) in [7, 11) is 0. The highest BCUT2D eigenvalue weighted by atomic mass is 32.1. The van der Waals surface area contributed by atoms with Crippen molar-refractivity contribution in [1.29, 1.82) is 0 Å². The molecule has 1 aromatic carbocycles. The van der Waals surface area contributed by atoms with E-state index in [2.05, 4.69) is 15.5 Å². The summed E-state index contributed by atoms with van der Waals surface area (Å²) in [5, 5.41) is 11.7. The van der Waals surface area contributed by atoms with E-state index in [-0.39, 0.29) is 24.7 Å². The molecule has 1 aromatic heterocycles. The van der Waals surface area contributed by atoms with Gasteiger partial charge in [-0.15, -0.1) is 10.2 Å². The van der Waals surface area contributed by atoms with E-state index in [4.69, 9.17) is 9.47 Å². The van der Waals surface area contributed by atoms with Gasteiger partial charge in [0.25, 0.3) is 0 Å². The number of amides is 2. The van der Waals surface area contributed by atoms with Gasteiger partial charge in [0.05, 0.1) is 19.8 Å². The van der Waals surface area contributed by atoms with Gasteiger partial charge in [-0.2, -0.15) is 0 Å². The number of aryl methyl sites for hydroxylation is 1. The Hall–Kier alpha value is -2.52. The van der Waals surface area contributed by atoms with E-state index in [1.54, 1.807) is 4.90 Å². The summed E-state index contributed by atoms with van der Waals surface area (Å²) >= 11 is 1.31. The van der Waals surface area contributed by atoms with E-state index in [9.17, 15) is 9.59 Å². The molecule has 1 spiro atoms. The summed E-state index contributed by atoms with van der Waals surface area (Å²) < 4.78 is 11.8. The number of nitrogens with one attached hydrogen (secondary N) is 1. The monoisotopic (exact) mass is 402 g/mol. The fourth-order valence-electron chi connectivity index (χ4n) is 3.49. The highest BCUT2D eigenvalue weighted by Gasteiger charge is 2.42. The highest BCUT2D eigenvalue weighted by Crippen LogP contribution is 2.34. The lowest BCUT2D eigenvalue weighted by Crippen LogP contribution is -2.48. The standard InChI is InChI=1S/C19H22N4O4S/c1-13-21-22-18(28-13)20-16(24)6-7-17(25)23-10-14-4-2-3-5-15(14)27-19(11-23)8-9-26-12-19/h2-5H,6-12H2,1H3,(H,20,22,24). The van der Waals surface area contributed by atoms with Gasteiger partial charge in [-0.05, 0) is 13.0 Å². The van der Waals surface area contributed by atoms with Crippen molar-refractivity contribution in [1.82, 2.24) is 15.1 Å². The van der Waals surface area contributed by atoms with Crippen LogP contribution in [-0.2, 0) is 20.9 Å². The van der Waals surface area contributed by atoms with Gasteiger partial charge in [0.15, 0.2) is 5.60 Å². The van der Waals surface area contributed by atoms with Gasteiger partial charge in [-0.25, -0.2) is 0 Å². The molecule has 1 N–H and O–H groups in total. The first-order valence-electron chi connectivity index (χ1n) is 9.25. The minimum Gasteiger partial charge on any atom is -0.483 e. The van der Waals surface area contributed by atoms with Crippen LogP contribution in [0.25, 0.3) is 0 Å². The van der Waals surface area contributed by atoms with E-state index in [1.165, 1.54) is 11.3 Å². The van der Waals surface area contributed by atoms with Gasteiger partial charge in [-0.3, -0.25) is 9.59 Å². The van der Waals surface area contributed by atoms with Crippen LogP contribution in [0.4, 0.5) is 5.13 Å². The number of aromatic nitrogens is 2. The molecule has 8 nitrogen and oxygen atoms in total. The fraction of sp³-hybridized carbons (Fsp3) is 0.474. The normalized spacial score (nSPS) is 21.1. The summed E-state index contributed by atoms with van der Waals surface area (Å²) in [6, 6.07) is 7.76. The van der Waals surface area contributed by atoms with E-state index in [1.807, 2.05) is 31.2 Å². The summed E-state index contributed by atoms with van der Waals surface area (Å²) in [5.74, 6) is 0.484. The van der Waals surface area contributed by atoms with Gasteiger partial charge in [0.1, 0.15) is 10.8 Å². The maximum Gasteiger partial charge on any atom is 0.226 e. The zero-order valence-corrected chi connectivity index (χ0v) is 16.5. The first-order valence-corrected chi connectivity index (χ1v) is 10.1. The molecule has 0 saturated carbocycles. The van der Waals surface area contributed by atoms with Gasteiger partial charge in [0.2, 0.25) is 16.9 Å². The topological polar surface area (TPSA) is 93.7 Å². The molecule has 3 heterocycles. The minimum absolute atomic E-state index is 0.0739. The Morgan fingerprint density at radius 3 is 2.89 bits per heavy atom. The predicted molar refractivity (Wildman–Crippen MR) is 103 cm³/mol. The first-order chi connectivity index (χ1) is 13.5. The van der Waals surface area contributed by atoms with Gasteiger partial charge in [-0.1, -0.05) is 29.5 Å². The third kappa shape index (κ3) is 4.15. The molecule has 1 atom stereocenters. The summed E-state index contributed by atoms with van der Waals surface area (Å²) in [5.41, 5.74) is 0.447.